The first-order chi connectivity index (χ1) is 10.1. The molecule has 2 atom stereocenters. The molecule has 0 radical (unpaired) electrons. The zero-order valence-electron chi connectivity index (χ0n) is 13.2. The molecule has 2 heterocycles. The van der Waals surface area contributed by atoms with E-state index in [9.17, 15) is 0 Å². The second-order valence-electron chi connectivity index (χ2n) is 6.33. The van der Waals surface area contributed by atoms with Crippen LogP contribution in [0.15, 0.2) is 28.7 Å². The number of nitrogens with two attached hydrogens (primary N) is 1. The Labute approximate surface area is 126 Å². The van der Waals surface area contributed by atoms with Gasteiger partial charge in [-0.25, -0.2) is 0 Å². The number of benzene rings is 1. The highest BCUT2D eigenvalue weighted by molar-refractivity contribution is 5.81. The van der Waals surface area contributed by atoms with Gasteiger partial charge in [0.25, 0.3) is 0 Å². The first kappa shape index (κ1) is 14.6. The molecule has 0 bridgehead atoms. The van der Waals surface area contributed by atoms with Crippen molar-refractivity contribution in [3.05, 3.63) is 35.6 Å². The number of aryl methyl sites for hydroxylation is 1. The topological polar surface area (TPSA) is 45.6 Å². The number of furan rings is 1. The quantitative estimate of drug-likeness (QED) is 0.921. The van der Waals surface area contributed by atoms with Crippen molar-refractivity contribution < 1.29 is 4.42 Å². The van der Waals surface area contributed by atoms with Crippen LogP contribution in [0, 0.1) is 6.92 Å². The molecule has 4 nitrogen and oxygen atoms in total. The third-order valence-electron chi connectivity index (χ3n) is 4.62. The van der Waals surface area contributed by atoms with Gasteiger partial charge in [-0.1, -0.05) is 18.2 Å². The minimum atomic E-state index is -0.0950. The highest BCUT2D eigenvalue weighted by atomic mass is 16.3. The molecule has 4 heteroatoms. The maximum Gasteiger partial charge on any atom is 0.137 e. The van der Waals surface area contributed by atoms with E-state index in [4.69, 9.17) is 10.2 Å². The van der Waals surface area contributed by atoms with Crippen molar-refractivity contribution in [3.63, 3.8) is 0 Å². The summed E-state index contributed by atoms with van der Waals surface area (Å²) in [6.07, 6.45) is 1.19. The van der Waals surface area contributed by atoms with E-state index < -0.39 is 0 Å². The van der Waals surface area contributed by atoms with Crippen LogP contribution in [0.2, 0.25) is 0 Å². The van der Waals surface area contributed by atoms with Crippen LogP contribution >= 0.6 is 0 Å². The number of hydrogen-bond donors (Lipinski definition) is 1. The monoisotopic (exact) mass is 287 g/mol. The van der Waals surface area contributed by atoms with Crippen molar-refractivity contribution in [2.75, 3.05) is 33.7 Å². The van der Waals surface area contributed by atoms with Crippen molar-refractivity contribution in [1.82, 2.24) is 9.80 Å². The van der Waals surface area contributed by atoms with E-state index in [1.165, 1.54) is 6.42 Å². The molecular formula is C17H25N3O. The van der Waals surface area contributed by atoms with E-state index in [1.807, 2.05) is 0 Å². The lowest BCUT2D eigenvalue weighted by molar-refractivity contribution is 0.186. The Kier molecular flexibility index (Phi) is 4.02. The van der Waals surface area contributed by atoms with Gasteiger partial charge in [0.15, 0.2) is 0 Å². The maximum atomic E-state index is 6.54. The van der Waals surface area contributed by atoms with Crippen molar-refractivity contribution >= 4 is 11.0 Å². The van der Waals surface area contributed by atoms with Gasteiger partial charge < -0.3 is 20.0 Å². The normalized spacial score (nSPS) is 23.3. The number of hydrogen-bond acceptors (Lipinski definition) is 4. The van der Waals surface area contributed by atoms with E-state index in [-0.39, 0.29) is 6.04 Å². The standard InChI is InChI=1S/C17H25N3O/c1-12-6-4-7-13-10-15(21-17(12)13)16(18)14-11-19(2)8-5-9-20(14)3/h4,6-7,10,14,16H,5,8-9,11,18H2,1-3H3. The van der Waals surface area contributed by atoms with Gasteiger partial charge in [-0.05, 0) is 52.2 Å². The molecular weight excluding hydrogens is 262 g/mol. The largest absolute Gasteiger partial charge is 0.459 e. The van der Waals surface area contributed by atoms with Gasteiger partial charge in [0, 0.05) is 18.0 Å². The molecule has 0 aliphatic carbocycles. The molecule has 21 heavy (non-hydrogen) atoms. The molecule has 1 aliphatic heterocycles. The Hall–Kier alpha value is -1.36. The first-order valence-electron chi connectivity index (χ1n) is 7.69. The van der Waals surface area contributed by atoms with Gasteiger partial charge in [0.05, 0.1) is 6.04 Å². The van der Waals surface area contributed by atoms with Crippen LogP contribution in [0.3, 0.4) is 0 Å². The fraction of sp³-hybridized carbons (Fsp3) is 0.529. The van der Waals surface area contributed by atoms with Gasteiger partial charge in [-0.2, -0.15) is 0 Å². The Morgan fingerprint density at radius 1 is 1.29 bits per heavy atom. The molecule has 1 aromatic heterocycles. The average molecular weight is 287 g/mol. The predicted molar refractivity (Wildman–Crippen MR) is 86.4 cm³/mol. The summed E-state index contributed by atoms with van der Waals surface area (Å²) in [5.41, 5.74) is 8.67. The van der Waals surface area contributed by atoms with Crippen LogP contribution in [0.25, 0.3) is 11.0 Å². The Balaban J connectivity index is 1.91. The van der Waals surface area contributed by atoms with E-state index >= 15 is 0 Å². The second-order valence-corrected chi connectivity index (χ2v) is 6.33. The molecule has 1 saturated heterocycles. The fourth-order valence-electron chi connectivity index (χ4n) is 3.28. The van der Waals surface area contributed by atoms with E-state index in [0.29, 0.717) is 6.04 Å². The molecule has 1 fully saturated rings. The summed E-state index contributed by atoms with van der Waals surface area (Å²) in [6, 6.07) is 8.53. The van der Waals surface area contributed by atoms with Crippen molar-refractivity contribution in [1.29, 1.82) is 0 Å². The molecule has 0 spiro atoms. The van der Waals surface area contributed by atoms with E-state index in [0.717, 1.165) is 41.9 Å². The molecule has 2 aromatic rings. The third kappa shape index (κ3) is 2.84. The molecule has 114 valence electrons. The maximum absolute atomic E-state index is 6.54. The van der Waals surface area contributed by atoms with Crippen molar-refractivity contribution in [2.45, 2.75) is 25.4 Å². The zero-order chi connectivity index (χ0) is 15.0. The molecule has 3 rings (SSSR count). The van der Waals surface area contributed by atoms with Gasteiger partial charge in [0.2, 0.25) is 0 Å². The Morgan fingerprint density at radius 2 is 2.10 bits per heavy atom. The highest BCUT2D eigenvalue weighted by Crippen LogP contribution is 2.28. The Bertz CT molecular complexity index is 622. The van der Waals surface area contributed by atoms with Gasteiger partial charge >= 0.3 is 0 Å². The summed E-state index contributed by atoms with van der Waals surface area (Å²) in [7, 11) is 4.33. The lowest BCUT2D eigenvalue weighted by Gasteiger charge is -2.31. The Morgan fingerprint density at radius 3 is 2.86 bits per heavy atom. The molecule has 1 aromatic carbocycles. The molecule has 1 aliphatic rings. The molecule has 0 saturated carbocycles. The highest BCUT2D eigenvalue weighted by Gasteiger charge is 2.29. The van der Waals surface area contributed by atoms with Crippen LogP contribution in [0.1, 0.15) is 23.8 Å². The number of nitrogens with zero attached hydrogens (tertiary/aromatic N) is 2. The number of para-hydroxylation sites is 1. The number of fused-ring (bicyclic) bond motifs is 1. The van der Waals surface area contributed by atoms with E-state index in [1.54, 1.807) is 0 Å². The van der Waals surface area contributed by atoms with Gasteiger partial charge in [0.1, 0.15) is 11.3 Å². The minimum absolute atomic E-state index is 0.0950. The third-order valence-corrected chi connectivity index (χ3v) is 4.62. The number of likely N-dealkylation sites (N-methyl/N-ethyl adjacent to an activating group) is 2. The van der Waals surface area contributed by atoms with Crippen LogP contribution < -0.4 is 5.73 Å². The van der Waals surface area contributed by atoms with Gasteiger partial charge in [-0.15, -0.1) is 0 Å². The smallest absolute Gasteiger partial charge is 0.137 e. The summed E-state index contributed by atoms with van der Waals surface area (Å²) in [5.74, 6) is 0.895. The van der Waals surface area contributed by atoms with Crippen LogP contribution in [0.4, 0.5) is 0 Å². The zero-order valence-corrected chi connectivity index (χ0v) is 13.2. The van der Waals surface area contributed by atoms with Crippen LogP contribution in [-0.2, 0) is 0 Å². The first-order valence-corrected chi connectivity index (χ1v) is 7.69. The van der Waals surface area contributed by atoms with Crippen molar-refractivity contribution in [3.8, 4) is 0 Å². The number of rotatable bonds is 2. The SMILES string of the molecule is Cc1cccc2cc(C(N)C3CN(C)CCCN3C)oc12. The molecule has 2 N–H and O–H groups in total. The molecule has 0 amide bonds. The van der Waals surface area contributed by atoms with E-state index in [2.05, 4.69) is 55.1 Å². The second kappa shape index (κ2) is 5.79. The predicted octanol–water partition coefficient (Wildman–Crippen LogP) is 2.38. The van der Waals surface area contributed by atoms with Crippen LogP contribution in [-0.4, -0.2) is 49.6 Å². The summed E-state index contributed by atoms with van der Waals surface area (Å²) in [6.45, 7) is 5.27. The summed E-state index contributed by atoms with van der Waals surface area (Å²) < 4.78 is 6.07. The molecule has 2 unspecified atom stereocenters. The fourth-order valence-corrected chi connectivity index (χ4v) is 3.28. The summed E-state index contributed by atoms with van der Waals surface area (Å²) >= 11 is 0. The summed E-state index contributed by atoms with van der Waals surface area (Å²) in [4.78, 5) is 4.73. The lowest BCUT2D eigenvalue weighted by Crippen LogP contribution is -2.45. The summed E-state index contributed by atoms with van der Waals surface area (Å²) in [5, 5.41) is 1.14. The van der Waals surface area contributed by atoms with Crippen molar-refractivity contribution in [2.24, 2.45) is 5.73 Å². The minimum Gasteiger partial charge on any atom is -0.459 e. The average Bonchev–Trinajstić information content (AvgIpc) is 2.82. The van der Waals surface area contributed by atoms with Crippen LogP contribution in [0.5, 0.6) is 0 Å². The van der Waals surface area contributed by atoms with Gasteiger partial charge in [-0.3, -0.25) is 0 Å². The lowest BCUT2D eigenvalue weighted by atomic mass is 10.0.